The summed E-state index contributed by atoms with van der Waals surface area (Å²) in [6, 6.07) is 10.7. The maximum absolute atomic E-state index is 11.5. The number of ether oxygens (including phenoxy) is 1. The molecule has 2 aromatic rings. The van der Waals surface area contributed by atoms with E-state index in [9.17, 15) is 14.9 Å². The van der Waals surface area contributed by atoms with E-state index in [1.165, 1.54) is 18.6 Å². The third-order valence-electron chi connectivity index (χ3n) is 4.58. The number of nitro benzene ring substituents is 1. The third-order valence-corrected chi connectivity index (χ3v) is 4.58. The molecule has 2 aromatic carbocycles. The molecule has 0 spiro atoms. The number of carbonyl (C=O) groups is 1. The predicted octanol–water partition coefficient (Wildman–Crippen LogP) is 4.15. The first-order valence-electron chi connectivity index (χ1n) is 8.78. The minimum Gasteiger partial charge on any atom is -0.494 e. The average Bonchev–Trinajstić information content (AvgIpc) is 2.65. The third kappa shape index (κ3) is 3.69. The summed E-state index contributed by atoms with van der Waals surface area (Å²) in [4.78, 5) is 24.6. The minimum absolute atomic E-state index is 0.0240. The van der Waals surface area contributed by atoms with Crippen molar-refractivity contribution in [2.24, 2.45) is 0 Å². The van der Waals surface area contributed by atoms with E-state index in [0.29, 0.717) is 30.9 Å². The van der Waals surface area contributed by atoms with Crippen LogP contribution < -0.4 is 9.64 Å². The summed E-state index contributed by atoms with van der Waals surface area (Å²) in [5.74, 6) is 0.694. The second kappa shape index (κ2) is 7.56. The molecule has 0 atom stereocenters. The zero-order valence-corrected chi connectivity index (χ0v) is 15.0. The van der Waals surface area contributed by atoms with Crippen molar-refractivity contribution in [3.05, 3.63) is 63.2 Å². The number of anilines is 1. The van der Waals surface area contributed by atoms with E-state index < -0.39 is 4.92 Å². The van der Waals surface area contributed by atoms with E-state index in [1.54, 1.807) is 12.1 Å². The molecule has 0 saturated carbocycles. The summed E-state index contributed by atoms with van der Waals surface area (Å²) < 4.78 is 5.68. The van der Waals surface area contributed by atoms with Gasteiger partial charge in [0, 0.05) is 24.7 Å². The van der Waals surface area contributed by atoms with Crippen LogP contribution in [-0.2, 0) is 13.0 Å². The Labute approximate surface area is 152 Å². The molecule has 0 aliphatic carbocycles. The molecule has 1 aliphatic rings. The quantitative estimate of drug-likeness (QED) is 0.443. The van der Waals surface area contributed by atoms with Gasteiger partial charge in [-0.15, -0.1) is 0 Å². The summed E-state index contributed by atoms with van der Waals surface area (Å²) in [5, 5.41) is 11.5. The number of carbonyl (C=O) groups excluding carboxylic acids is 1. The van der Waals surface area contributed by atoms with Gasteiger partial charge in [-0.2, -0.15) is 0 Å². The van der Waals surface area contributed by atoms with Crippen LogP contribution in [0.25, 0.3) is 0 Å². The van der Waals surface area contributed by atoms with Crippen LogP contribution in [0.1, 0.15) is 41.8 Å². The van der Waals surface area contributed by atoms with Crippen molar-refractivity contribution in [1.29, 1.82) is 0 Å². The van der Waals surface area contributed by atoms with Gasteiger partial charge in [-0.3, -0.25) is 14.9 Å². The highest BCUT2D eigenvalue weighted by Gasteiger charge is 2.24. The smallest absolute Gasteiger partial charge is 0.293 e. The topological polar surface area (TPSA) is 72.7 Å². The molecule has 0 unspecified atom stereocenters. The summed E-state index contributed by atoms with van der Waals surface area (Å²) >= 11 is 0. The molecule has 0 aromatic heterocycles. The van der Waals surface area contributed by atoms with Crippen LogP contribution in [0.4, 0.5) is 11.4 Å². The number of benzene rings is 2. The van der Waals surface area contributed by atoms with Crippen LogP contribution in [0, 0.1) is 10.1 Å². The monoisotopic (exact) mass is 354 g/mol. The Morgan fingerprint density at radius 3 is 2.73 bits per heavy atom. The van der Waals surface area contributed by atoms with Crippen molar-refractivity contribution < 1.29 is 14.5 Å². The van der Waals surface area contributed by atoms with Crippen LogP contribution in [0.15, 0.2) is 36.4 Å². The molecule has 6 heteroatoms. The van der Waals surface area contributed by atoms with E-state index in [0.717, 1.165) is 24.2 Å². The van der Waals surface area contributed by atoms with E-state index >= 15 is 0 Å². The van der Waals surface area contributed by atoms with Gasteiger partial charge in [0.05, 0.1) is 11.5 Å². The molecule has 0 saturated heterocycles. The number of Topliss-reactive ketones (excluding diaryl/α,β-unsaturated/α-hetero) is 1. The van der Waals surface area contributed by atoms with Gasteiger partial charge in [-0.05, 0) is 55.2 Å². The molecular formula is C20H22N2O4. The first-order chi connectivity index (χ1) is 12.5. The number of rotatable bonds is 6. The molecule has 0 bridgehead atoms. The summed E-state index contributed by atoms with van der Waals surface area (Å²) in [6.45, 7) is 5.46. The average molecular weight is 354 g/mol. The standard InChI is InChI=1S/C20H22N2O4/c1-3-10-26-18-6-4-17-13-21(9-8-16(17)11-18)19-7-5-15(14(2)23)12-20(19)22(24)25/h4-7,11-12H,3,8-10,13H2,1-2H3. The number of hydrogen-bond donors (Lipinski definition) is 0. The fraction of sp³-hybridized carbons (Fsp3) is 0.350. The highest BCUT2D eigenvalue weighted by atomic mass is 16.6. The number of nitro groups is 1. The number of fused-ring (bicyclic) bond motifs is 1. The summed E-state index contributed by atoms with van der Waals surface area (Å²) in [6.07, 6.45) is 1.76. The van der Waals surface area contributed by atoms with Crippen molar-refractivity contribution in [3.63, 3.8) is 0 Å². The van der Waals surface area contributed by atoms with Gasteiger partial charge in [0.1, 0.15) is 11.4 Å². The van der Waals surface area contributed by atoms with Crippen molar-refractivity contribution in [2.75, 3.05) is 18.1 Å². The maximum atomic E-state index is 11.5. The lowest BCUT2D eigenvalue weighted by molar-refractivity contribution is -0.384. The predicted molar refractivity (Wildman–Crippen MR) is 100 cm³/mol. The summed E-state index contributed by atoms with van der Waals surface area (Å²) in [5.41, 5.74) is 3.25. The molecule has 3 rings (SSSR count). The molecule has 136 valence electrons. The lowest BCUT2D eigenvalue weighted by atomic mass is 9.98. The molecule has 26 heavy (non-hydrogen) atoms. The van der Waals surface area contributed by atoms with Gasteiger partial charge in [-0.25, -0.2) is 0 Å². The second-order valence-electron chi connectivity index (χ2n) is 6.47. The molecule has 0 radical (unpaired) electrons. The van der Waals surface area contributed by atoms with Gasteiger partial charge in [0.2, 0.25) is 0 Å². The fourth-order valence-corrected chi connectivity index (χ4v) is 3.20. The van der Waals surface area contributed by atoms with E-state index in [1.807, 2.05) is 17.0 Å². The Hall–Kier alpha value is -2.89. The minimum atomic E-state index is -0.418. The zero-order valence-electron chi connectivity index (χ0n) is 15.0. The Morgan fingerprint density at radius 1 is 1.23 bits per heavy atom. The number of hydrogen-bond acceptors (Lipinski definition) is 5. The Morgan fingerprint density at radius 2 is 2.04 bits per heavy atom. The number of nitrogens with zero attached hydrogens (tertiary/aromatic N) is 2. The van der Waals surface area contributed by atoms with Gasteiger partial charge >= 0.3 is 0 Å². The summed E-state index contributed by atoms with van der Waals surface area (Å²) in [7, 11) is 0. The number of ketones is 1. The zero-order chi connectivity index (χ0) is 18.7. The first kappa shape index (κ1) is 17.9. The fourth-order valence-electron chi connectivity index (χ4n) is 3.20. The second-order valence-corrected chi connectivity index (χ2v) is 6.47. The van der Waals surface area contributed by atoms with Crippen molar-refractivity contribution >= 4 is 17.2 Å². The van der Waals surface area contributed by atoms with Crippen molar-refractivity contribution in [2.45, 2.75) is 33.2 Å². The van der Waals surface area contributed by atoms with Crippen LogP contribution in [0.5, 0.6) is 5.75 Å². The lowest BCUT2D eigenvalue weighted by Gasteiger charge is -2.30. The normalized spacial score (nSPS) is 13.2. The molecule has 1 heterocycles. The van der Waals surface area contributed by atoms with Gasteiger partial charge in [0.15, 0.2) is 5.78 Å². The van der Waals surface area contributed by atoms with E-state index in [4.69, 9.17) is 4.74 Å². The van der Waals surface area contributed by atoms with Gasteiger partial charge < -0.3 is 9.64 Å². The van der Waals surface area contributed by atoms with Gasteiger partial charge in [-0.1, -0.05) is 13.0 Å². The first-order valence-corrected chi connectivity index (χ1v) is 8.78. The van der Waals surface area contributed by atoms with Crippen molar-refractivity contribution in [3.8, 4) is 5.75 Å². The highest BCUT2D eigenvalue weighted by molar-refractivity contribution is 5.95. The van der Waals surface area contributed by atoms with Crippen LogP contribution >= 0.6 is 0 Å². The SMILES string of the molecule is CCCOc1ccc2c(c1)CCN(c1ccc(C(C)=O)cc1[N+](=O)[O-])C2. The maximum Gasteiger partial charge on any atom is 0.293 e. The van der Waals surface area contributed by atoms with Crippen molar-refractivity contribution in [1.82, 2.24) is 0 Å². The molecular weight excluding hydrogens is 332 g/mol. The Balaban J connectivity index is 1.86. The van der Waals surface area contributed by atoms with Crippen LogP contribution in [0.2, 0.25) is 0 Å². The molecule has 1 aliphatic heterocycles. The van der Waals surface area contributed by atoms with Crippen LogP contribution in [-0.4, -0.2) is 23.9 Å². The molecule has 6 nitrogen and oxygen atoms in total. The highest BCUT2D eigenvalue weighted by Crippen LogP contribution is 2.34. The Kier molecular flexibility index (Phi) is 5.21. The van der Waals surface area contributed by atoms with Crippen LogP contribution in [0.3, 0.4) is 0 Å². The van der Waals surface area contributed by atoms with E-state index in [-0.39, 0.29) is 11.5 Å². The largest absolute Gasteiger partial charge is 0.494 e. The molecule has 0 amide bonds. The Bertz CT molecular complexity index is 848. The van der Waals surface area contributed by atoms with E-state index in [2.05, 4.69) is 13.0 Å². The van der Waals surface area contributed by atoms with Gasteiger partial charge in [0.25, 0.3) is 5.69 Å². The lowest BCUT2D eigenvalue weighted by Crippen LogP contribution is -2.30. The molecule has 0 fully saturated rings. The molecule has 0 N–H and O–H groups in total.